The van der Waals surface area contributed by atoms with Crippen molar-refractivity contribution in [2.45, 2.75) is 26.2 Å². The van der Waals surface area contributed by atoms with Crippen LogP contribution in [0.1, 0.15) is 26.2 Å². The van der Waals surface area contributed by atoms with Gasteiger partial charge in [0.15, 0.2) is 0 Å². The van der Waals surface area contributed by atoms with Gasteiger partial charge >= 0.3 is 0 Å². The molecule has 22 heavy (non-hydrogen) atoms. The predicted octanol–water partition coefficient (Wildman–Crippen LogP) is 3.71. The molecular formula is C16H20BrClN2O2. The lowest BCUT2D eigenvalue weighted by atomic mass is 9.96. The fourth-order valence-electron chi connectivity index (χ4n) is 2.77. The number of anilines is 1. The Balaban J connectivity index is 2.11. The summed E-state index contributed by atoms with van der Waals surface area (Å²) in [5.41, 5.74) is 0.689. The number of carbonyl (C=O) groups excluding carboxylic acids is 2. The average Bonchev–Trinajstić information content (AvgIpc) is 2.53. The zero-order valence-electron chi connectivity index (χ0n) is 12.8. The third-order valence-corrected chi connectivity index (χ3v) is 4.82. The first-order chi connectivity index (χ1) is 10.4. The third-order valence-electron chi connectivity index (χ3n) is 4.03. The van der Waals surface area contributed by atoms with Gasteiger partial charge in [-0.05, 0) is 31.0 Å². The summed E-state index contributed by atoms with van der Waals surface area (Å²) in [6, 6.07) is 5.45. The summed E-state index contributed by atoms with van der Waals surface area (Å²) in [4.78, 5) is 27.9. The highest BCUT2D eigenvalue weighted by atomic mass is 79.9. The number of nitrogens with zero attached hydrogens (tertiary/aromatic N) is 2. The number of likely N-dealkylation sites (tertiary alicyclic amines) is 1. The van der Waals surface area contributed by atoms with E-state index in [4.69, 9.17) is 11.6 Å². The van der Waals surface area contributed by atoms with Crippen LogP contribution in [0.2, 0.25) is 5.02 Å². The summed E-state index contributed by atoms with van der Waals surface area (Å²) in [7, 11) is 1.73. The molecule has 4 nitrogen and oxygen atoms in total. The zero-order chi connectivity index (χ0) is 16.3. The Morgan fingerprint density at radius 2 is 2.18 bits per heavy atom. The molecule has 0 bridgehead atoms. The molecule has 0 radical (unpaired) electrons. The van der Waals surface area contributed by atoms with Crippen LogP contribution >= 0.6 is 27.5 Å². The molecule has 1 aliphatic heterocycles. The molecular weight excluding hydrogens is 368 g/mol. The molecule has 2 amide bonds. The first-order valence-electron chi connectivity index (χ1n) is 7.44. The molecule has 1 aromatic rings. The number of halogens is 2. The van der Waals surface area contributed by atoms with E-state index in [0.717, 1.165) is 23.9 Å². The summed E-state index contributed by atoms with van der Waals surface area (Å²) in [5.74, 6) is -0.0337. The van der Waals surface area contributed by atoms with Gasteiger partial charge in [-0.3, -0.25) is 9.59 Å². The standard InChI is InChI=1S/C16H20BrClN2O2/c1-3-15(21)20-8-4-5-11(10-20)16(22)19(2)14-7-6-12(17)9-13(14)18/h6-7,9,11H,3-5,8,10H2,1-2H3. The smallest absolute Gasteiger partial charge is 0.231 e. The first kappa shape index (κ1) is 17.3. The van der Waals surface area contributed by atoms with Gasteiger partial charge in [-0.2, -0.15) is 0 Å². The second-order valence-electron chi connectivity index (χ2n) is 5.53. The minimum atomic E-state index is -0.158. The van der Waals surface area contributed by atoms with Crippen molar-refractivity contribution in [3.05, 3.63) is 27.7 Å². The maximum Gasteiger partial charge on any atom is 0.231 e. The van der Waals surface area contributed by atoms with Crippen molar-refractivity contribution in [2.24, 2.45) is 5.92 Å². The van der Waals surface area contributed by atoms with E-state index in [1.54, 1.807) is 22.9 Å². The van der Waals surface area contributed by atoms with Crippen LogP contribution in [0, 0.1) is 5.92 Å². The van der Waals surface area contributed by atoms with Gasteiger partial charge < -0.3 is 9.80 Å². The highest BCUT2D eigenvalue weighted by molar-refractivity contribution is 9.10. The van der Waals surface area contributed by atoms with Crippen LogP contribution in [0.5, 0.6) is 0 Å². The van der Waals surface area contributed by atoms with Gasteiger partial charge in [0.2, 0.25) is 11.8 Å². The quantitative estimate of drug-likeness (QED) is 0.793. The van der Waals surface area contributed by atoms with Crippen molar-refractivity contribution in [3.63, 3.8) is 0 Å². The maximum absolute atomic E-state index is 12.7. The van der Waals surface area contributed by atoms with E-state index in [1.807, 2.05) is 19.1 Å². The fraction of sp³-hybridized carbons (Fsp3) is 0.500. The van der Waals surface area contributed by atoms with Gasteiger partial charge in [-0.1, -0.05) is 34.5 Å². The molecule has 2 rings (SSSR count). The van der Waals surface area contributed by atoms with Crippen LogP contribution in [-0.4, -0.2) is 36.9 Å². The highest BCUT2D eigenvalue weighted by Crippen LogP contribution is 2.30. The third kappa shape index (κ3) is 3.82. The van der Waals surface area contributed by atoms with Crippen LogP contribution < -0.4 is 4.90 Å². The van der Waals surface area contributed by atoms with Crippen LogP contribution in [-0.2, 0) is 9.59 Å². The molecule has 1 fully saturated rings. The van der Waals surface area contributed by atoms with Crippen LogP contribution in [0.4, 0.5) is 5.69 Å². The molecule has 0 spiro atoms. The van der Waals surface area contributed by atoms with E-state index in [9.17, 15) is 9.59 Å². The minimum absolute atomic E-state index is 0.0119. The monoisotopic (exact) mass is 386 g/mol. The van der Waals surface area contributed by atoms with Gasteiger partial charge in [-0.15, -0.1) is 0 Å². The summed E-state index contributed by atoms with van der Waals surface area (Å²) in [5, 5.41) is 0.530. The maximum atomic E-state index is 12.7. The van der Waals surface area contributed by atoms with E-state index in [0.29, 0.717) is 23.7 Å². The van der Waals surface area contributed by atoms with E-state index < -0.39 is 0 Å². The minimum Gasteiger partial charge on any atom is -0.342 e. The fourth-order valence-corrected chi connectivity index (χ4v) is 3.57. The summed E-state index contributed by atoms with van der Waals surface area (Å²) >= 11 is 9.58. The molecule has 120 valence electrons. The van der Waals surface area contributed by atoms with Crippen LogP contribution in [0.15, 0.2) is 22.7 Å². The number of hydrogen-bond acceptors (Lipinski definition) is 2. The Labute approximate surface area is 144 Å². The molecule has 1 aliphatic rings. The van der Waals surface area contributed by atoms with Crippen LogP contribution in [0.3, 0.4) is 0 Å². The second-order valence-corrected chi connectivity index (χ2v) is 6.85. The zero-order valence-corrected chi connectivity index (χ0v) is 15.2. The van der Waals surface area contributed by atoms with E-state index in [1.165, 1.54) is 0 Å². The molecule has 1 unspecified atom stereocenters. The second kappa shape index (κ2) is 7.47. The largest absolute Gasteiger partial charge is 0.342 e. The molecule has 0 saturated carbocycles. The lowest BCUT2D eigenvalue weighted by Gasteiger charge is -2.34. The first-order valence-corrected chi connectivity index (χ1v) is 8.61. The van der Waals surface area contributed by atoms with Gasteiger partial charge in [0.05, 0.1) is 16.6 Å². The van der Waals surface area contributed by atoms with E-state index >= 15 is 0 Å². The Morgan fingerprint density at radius 1 is 1.45 bits per heavy atom. The molecule has 1 aromatic carbocycles. The molecule has 1 saturated heterocycles. The number of rotatable bonds is 3. The number of amides is 2. The normalized spacial score (nSPS) is 18.2. The summed E-state index contributed by atoms with van der Waals surface area (Å²) in [6.45, 7) is 3.10. The number of hydrogen-bond donors (Lipinski definition) is 0. The van der Waals surface area contributed by atoms with Crippen molar-refractivity contribution in [3.8, 4) is 0 Å². The highest BCUT2D eigenvalue weighted by Gasteiger charge is 2.30. The summed E-state index contributed by atoms with van der Waals surface area (Å²) in [6.07, 6.45) is 2.16. The topological polar surface area (TPSA) is 40.6 Å². The average molecular weight is 388 g/mol. The molecule has 0 N–H and O–H groups in total. The lowest BCUT2D eigenvalue weighted by molar-refractivity contribution is -0.134. The van der Waals surface area contributed by atoms with E-state index in [-0.39, 0.29) is 17.7 Å². The van der Waals surface area contributed by atoms with Gasteiger partial charge in [0.1, 0.15) is 0 Å². The van der Waals surface area contributed by atoms with Gasteiger partial charge in [0.25, 0.3) is 0 Å². The molecule has 6 heteroatoms. The Morgan fingerprint density at radius 3 is 2.82 bits per heavy atom. The molecule has 1 heterocycles. The molecule has 0 aromatic heterocycles. The van der Waals surface area contributed by atoms with E-state index in [2.05, 4.69) is 15.9 Å². The van der Waals surface area contributed by atoms with Crippen molar-refractivity contribution >= 4 is 45.0 Å². The van der Waals surface area contributed by atoms with Gasteiger partial charge in [0, 0.05) is 31.0 Å². The number of piperidine rings is 1. The predicted molar refractivity (Wildman–Crippen MR) is 92.2 cm³/mol. The Bertz CT molecular complexity index is 579. The SMILES string of the molecule is CCC(=O)N1CCCC(C(=O)N(C)c2ccc(Br)cc2Cl)C1. The Kier molecular flexibility index (Phi) is 5.87. The van der Waals surface area contributed by atoms with Crippen LogP contribution in [0.25, 0.3) is 0 Å². The lowest BCUT2D eigenvalue weighted by Crippen LogP contribution is -2.45. The number of carbonyl (C=O) groups is 2. The molecule has 1 atom stereocenters. The van der Waals surface area contributed by atoms with Crippen molar-refractivity contribution in [2.75, 3.05) is 25.0 Å². The van der Waals surface area contributed by atoms with Gasteiger partial charge in [-0.25, -0.2) is 0 Å². The van der Waals surface area contributed by atoms with Crippen molar-refractivity contribution in [1.82, 2.24) is 4.90 Å². The van der Waals surface area contributed by atoms with Crippen molar-refractivity contribution in [1.29, 1.82) is 0 Å². The Hall–Kier alpha value is -1.07. The summed E-state index contributed by atoms with van der Waals surface area (Å²) < 4.78 is 0.875. The molecule has 0 aliphatic carbocycles. The van der Waals surface area contributed by atoms with Crippen molar-refractivity contribution < 1.29 is 9.59 Å². The number of benzene rings is 1.